The van der Waals surface area contributed by atoms with E-state index in [-0.39, 0.29) is 10.5 Å². The van der Waals surface area contributed by atoms with Crippen molar-refractivity contribution in [3.63, 3.8) is 0 Å². The molecular formula is C32H17ClN8O2S. The fourth-order valence-electron chi connectivity index (χ4n) is 5.86. The lowest BCUT2D eigenvalue weighted by Gasteiger charge is -1.99. The molecule has 9 rings (SSSR count). The smallest absolute Gasteiger partial charge is 0.262 e. The maximum Gasteiger partial charge on any atom is 0.262 e. The lowest BCUT2D eigenvalue weighted by Crippen LogP contribution is -1.91. The second-order valence-corrected chi connectivity index (χ2v) is 12.9. The summed E-state index contributed by atoms with van der Waals surface area (Å²) in [6.07, 6.45) is 0. The molecule has 4 aromatic carbocycles. The van der Waals surface area contributed by atoms with Gasteiger partial charge in [0.05, 0.1) is 4.90 Å². The zero-order chi connectivity index (χ0) is 29.6. The van der Waals surface area contributed by atoms with E-state index in [1.54, 1.807) is 12.1 Å². The third kappa shape index (κ3) is 3.70. The molecule has 0 radical (unpaired) electrons. The van der Waals surface area contributed by atoms with Gasteiger partial charge in [-0.3, -0.25) is 0 Å². The number of H-pyrrole nitrogens is 2. The van der Waals surface area contributed by atoms with Crippen molar-refractivity contribution < 1.29 is 8.42 Å². The van der Waals surface area contributed by atoms with Gasteiger partial charge in [-0.1, -0.05) is 84.9 Å². The summed E-state index contributed by atoms with van der Waals surface area (Å²) in [5, 5.41) is 2.58. The number of nitrogens with one attached hydrogen (secondary N) is 2. The third-order valence-electron chi connectivity index (χ3n) is 7.80. The first-order valence-corrected chi connectivity index (χ1v) is 15.9. The number of aromatic nitrogens is 8. The van der Waals surface area contributed by atoms with Crippen molar-refractivity contribution in [2.75, 3.05) is 0 Å². The highest BCUT2D eigenvalue weighted by atomic mass is 35.7. The van der Waals surface area contributed by atoms with E-state index in [0.717, 1.165) is 33.0 Å². The summed E-state index contributed by atoms with van der Waals surface area (Å²) in [7, 11) is 1.78. The second kappa shape index (κ2) is 8.99. The van der Waals surface area contributed by atoms with Crippen LogP contribution >= 0.6 is 10.7 Å². The average molecular weight is 613 g/mol. The fraction of sp³-hybridized carbons (Fsp3) is 0. The molecule has 8 bridgehead atoms. The molecule has 10 nitrogen and oxygen atoms in total. The SMILES string of the molecule is O=S(=O)(Cl)c1cccc2c3nc4nc(nc5[nH]c(nc6nc(nc([nH]3)c12)-c1ccccc1-6)c1ccccc51)-c1ccccc1-4. The van der Waals surface area contributed by atoms with Gasteiger partial charge in [0.1, 0.15) is 22.6 Å². The van der Waals surface area contributed by atoms with Gasteiger partial charge in [0.25, 0.3) is 9.05 Å². The largest absolute Gasteiger partial charge is 0.324 e. The first-order valence-electron chi connectivity index (χ1n) is 13.6. The van der Waals surface area contributed by atoms with Crippen LogP contribution in [0.25, 0.3) is 89.7 Å². The van der Waals surface area contributed by atoms with E-state index in [9.17, 15) is 8.42 Å². The predicted octanol–water partition coefficient (Wildman–Crippen LogP) is 6.80. The van der Waals surface area contributed by atoms with Crippen molar-refractivity contribution in [3.05, 3.63) is 91.0 Å². The van der Waals surface area contributed by atoms with E-state index in [1.165, 1.54) is 6.07 Å². The first kappa shape index (κ1) is 25.0. The molecule has 0 unspecified atom stereocenters. The van der Waals surface area contributed by atoms with Crippen LogP contribution in [0.5, 0.6) is 0 Å². The Hall–Kier alpha value is -5.52. The van der Waals surface area contributed by atoms with E-state index < -0.39 is 9.05 Å². The van der Waals surface area contributed by atoms with Crippen LogP contribution in [-0.2, 0) is 9.05 Å². The van der Waals surface area contributed by atoms with Gasteiger partial charge in [-0.05, 0) is 6.07 Å². The van der Waals surface area contributed by atoms with E-state index in [0.29, 0.717) is 51.0 Å². The summed E-state index contributed by atoms with van der Waals surface area (Å²) >= 11 is 0. The van der Waals surface area contributed by atoms with Crippen LogP contribution in [0.3, 0.4) is 0 Å². The molecule has 5 heterocycles. The number of hydrogen-bond donors (Lipinski definition) is 2. The number of fused-ring (bicyclic) bond motifs is 20. The Balaban J connectivity index is 1.53. The number of nitrogens with zero attached hydrogens (tertiary/aromatic N) is 6. The number of aromatic amines is 2. The Morgan fingerprint density at radius 1 is 0.455 bits per heavy atom. The molecule has 0 atom stereocenters. The molecule has 2 N–H and O–H groups in total. The fourth-order valence-corrected chi connectivity index (χ4v) is 6.94. The van der Waals surface area contributed by atoms with Crippen molar-refractivity contribution in [2.45, 2.75) is 4.90 Å². The molecule has 12 heteroatoms. The molecule has 2 aliphatic heterocycles. The minimum Gasteiger partial charge on any atom is -0.324 e. The number of rotatable bonds is 1. The third-order valence-corrected chi connectivity index (χ3v) is 9.17. The Labute approximate surface area is 253 Å². The zero-order valence-corrected chi connectivity index (χ0v) is 24.0. The summed E-state index contributed by atoms with van der Waals surface area (Å²) < 4.78 is 25.5. The normalized spacial score (nSPS) is 12.4. The standard InChI is InChI=1S/C32H17ClN8O2S/c33-44(42,43)23-15-7-14-22-24(23)32-40-30-21-13-6-5-12-20(21)28(38-30)36-26-17-9-2-1-8-16(17)25(34-26)35-27-18-10-3-4-11-19(18)29(37-27)39-31(22)41-32/h1-15H,(H2,34,35,36,37,38,39,40,41). The van der Waals surface area contributed by atoms with Gasteiger partial charge in [0.2, 0.25) is 0 Å². The van der Waals surface area contributed by atoms with E-state index in [2.05, 4.69) is 9.97 Å². The summed E-state index contributed by atoms with van der Waals surface area (Å²) in [6.45, 7) is 0. The Bertz CT molecular complexity index is 2660. The molecule has 0 spiro atoms. The molecule has 7 aromatic rings. The maximum atomic E-state index is 12.7. The van der Waals surface area contributed by atoms with Crippen LogP contribution in [0.2, 0.25) is 0 Å². The van der Waals surface area contributed by atoms with Gasteiger partial charge < -0.3 is 9.97 Å². The number of hydrogen-bond acceptors (Lipinski definition) is 8. The van der Waals surface area contributed by atoms with E-state index in [1.807, 2.05) is 72.8 Å². The molecule has 0 saturated heterocycles. The van der Waals surface area contributed by atoms with Crippen LogP contribution in [-0.4, -0.2) is 48.3 Å². The molecule has 210 valence electrons. The van der Waals surface area contributed by atoms with Crippen LogP contribution in [0.1, 0.15) is 0 Å². The highest BCUT2D eigenvalue weighted by Crippen LogP contribution is 2.37. The van der Waals surface area contributed by atoms with Crippen molar-refractivity contribution in [3.8, 4) is 45.6 Å². The van der Waals surface area contributed by atoms with Crippen LogP contribution in [0, 0.1) is 0 Å². The average Bonchev–Trinajstić information content (AvgIpc) is 3.76. The predicted molar refractivity (Wildman–Crippen MR) is 169 cm³/mol. The van der Waals surface area contributed by atoms with Gasteiger partial charge in [-0.15, -0.1) is 0 Å². The van der Waals surface area contributed by atoms with Gasteiger partial charge in [-0.25, -0.2) is 38.3 Å². The molecule has 0 saturated carbocycles. The second-order valence-electron chi connectivity index (χ2n) is 10.4. The highest BCUT2D eigenvalue weighted by molar-refractivity contribution is 8.14. The quantitative estimate of drug-likeness (QED) is 0.193. The maximum absolute atomic E-state index is 12.7. The first-order chi connectivity index (χ1) is 21.4. The molecule has 0 aliphatic carbocycles. The van der Waals surface area contributed by atoms with Crippen LogP contribution < -0.4 is 0 Å². The monoisotopic (exact) mass is 612 g/mol. The van der Waals surface area contributed by atoms with Crippen LogP contribution in [0.4, 0.5) is 0 Å². The molecule has 2 aliphatic rings. The van der Waals surface area contributed by atoms with Crippen molar-refractivity contribution in [1.29, 1.82) is 0 Å². The van der Waals surface area contributed by atoms with E-state index >= 15 is 0 Å². The van der Waals surface area contributed by atoms with Crippen LogP contribution in [0.15, 0.2) is 95.9 Å². The minimum absolute atomic E-state index is 0.0899. The van der Waals surface area contributed by atoms with Gasteiger partial charge in [-0.2, -0.15) is 0 Å². The lowest BCUT2D eigenvalue weighted by atomic mass is 10.1. The Morgan fingerprint density at radius 2 is 0.841 bits per heavy atom. The minimum atomic E-state index is -4.14. The van der Waals surface area contributed by atoms with E-state index in [4.69, 9.17) is 40.6 Å². The number of halogens is 1. The molecule has 44 heavy (non-hydrogen) atoms. The van der Waals surface area contributed by atoms with Gasteiger partial charge in [0.15, 0.2) is 23.3 Å². The number of benzene rings is 4. The summed E-state index contributed by atoms with van der Waals surface area (Å²) in [5.41, 5.74) is 4.93. The van der Waals surface area contributed by atoms with Gasteiger partial charge >= 0.3 is 0 Å². The Morgan fingerprint density at radius 3 is 1.32 bits per heavy atom. The van der Waals surface area contributed by atoms with Gasteiger partial charge in [0, 0.05) is 54.5 Å². The van der Waals surface area contributed by atoms with Crippen molar-refractivity contribution in [2.24, 2.45) is 0 Å². The summed E-state index contributed by atoms with van der Waals surface area (Å²) in [6, 6.07) is 28.0. The Kier molecular flexibility index (Phi) is 5.11. The topological polar surface area (TPSA) is 143 Å². The molecular weight excluding hydrogens is 596 g/mol. The summed E-state index contributed by atoms with van der Waals surface area (Å²) in [5.74, 6) is 1.71. The highest BCUT2D eigenvalue weighted by Gasteiger charge is 2.24. The molecule has 0 fully saturated rings. The summed E-state index contributed by atoms with van der Waals surface area (Å²) in [4.78, 5) is 35.9. The van der Waals surface area contributed by atoms with Crippen molar-refractivity contribution in [1.82, 2.24) is 39.9 Å². The lowest BCUT2D eigenvalue weighted by molar-refractivity contribution is 0.610. The molecule has 0 amide bonds. The van der Waals surface area contributed by atoms with Crippen molar-refractivity contribution >= 4 is 63.9 Å². The zero-order valence-electron chi connectivity index (χ0n) is 22.4. The molecule has 3 aromatic heterocycles.